The summed E-state index contributed by atoms with van der Waals surface area (Å²) in [7, 11) is 0. The summed E-state index contributed by atoms with van der Waals surface area (Å²) in [5, 5.41) is 0. The van der Waals surface area contributed by atoms with E-state index in [4.69, 9.17) is 0 Å². The second-order valence-electron chi connectivity index (χ2n) is 3.29. The third kappa shape index (κ3) is 1.90. The number of benzene rings is 1. The molecule has 0 unspecified atom stereocenters. The number of hydrogen-bond acceptors (Lipinski definition) is 2. The van der Waals surface area contributed by atoms with Crippen molar-refractivity contribution in [1.29, 1.82) is 0 Å². The van der Waals surface area contributed by atoms with E-state index in [-0.39, 0.29) is 5.69 Å². The van der Waals surface area contributed by atoms with E-state index in [1.165, 1.54) is 6.92 Å². The Morgan fingerprint density at radius 1 is 1.38 bits per heavy atom. The number of aromatic nitrogens is 2. The monoisotopic (exact) mass is 282 g/mol. The van der Waals surface area contributed by atoms with Gasteiger partial charge in [0.25, 0.3) is 5.56 Å². The highest BCUT2D eigenvalue weighted by Crippen LogP contribution is 2.24. The van der Waals surface area contributed by atoms with Crippen LogP contribution in [0, 0.1) is 12.7 Å². The molecule has 0 aliphatic rings. The zero-order chi connectivity index (χ0) is 11.7. The molecule has 2 aromatic rings. The van der Waals surface area contributed by atoms with Gasteiger partial charge in [-0.3, -0.25) is 4.79 Å². The second-order valence-corrected chi connectivity index (χ2v) is 4.15. The highest BCUT2D eigenvalue weighted by Gasteiger charge is 2.10. The van der Waals surface area contributed by atoms with E-state index in [1.54, 1.807) is 6.07 Å². The fourth-order valence-corrected chi connectivity index (χ4v) is 1.82. The Kier molecular flexibility index (Phi) is 2.87. The van der Waals surface area contributed by atoms with Crippen molar-refractivity contribution < 1.29 is 4.39 Å². The minimum atomic E-state index is -0.837. The SMILES string of the molecule is Cc1nc(-c2ccccc2Br)[nH]c(=O)c1F. The molecule has 1 aromatic heterocycles. The molecule has 2 rings (SSSR count). The van der Waals surface area contributed by atoms with Crippen LogP contribution in [-0.2, 0) is 0 Å². The van der Waals surface area contributed by atoms with Gasteiger partial charge in [-0.2, -0.15) is 4.39 Å². The summed E-state index contributed by atoms with van der Waals surface area (Å²) in [6.07, 6.45) is 0. The summed E-state index contributed by atoms with van der Waals surface area (Å²) in [4.78, 5) is 17.7. The number of H-pyrrole nitrogens is 1. The van der Waals surface area contributed by atoms with E-state index >= 15 is 0 Å². The predicted molar refractivity (Wildman–Crippen MR) is 62.7 cm³/mol. The number of rotatable bonds is 1. The topological polar surface area (TPSA) is 45.8 Å². The number of hydrogen-bond donors (Lipinski definition) is 1. The smallest absolute Gasteiger partial charge is 0.287 e. The predicted octanol–water partition coefficient (Wildman–Crippen LogP) is 2.65. The third-order valence-corrected chi connectivity index (χ3v) is 2.85. The van der Waals surface area contributed by atoms with Gasteiger partial charge in [0.1, 0.15) is 5.82 Å². The van der Waals surface area contributed by atoms with Crippen LogP contribution in [0.1, 0.15) is 5.69 Å². The Balaban J connectivity index is 2.67. The molecule has 0 saturated heterocycles. The normalized spacial score (nSPS) is 10.4. The minimum absolute atomic E-state index is 0.0921. The number of aryl methyl sites for hydroxylation is 1. The first-order valence-corrected chi connectivity index (χ1v) is 5.40. The van der Waals surface area contributed by atoms with Crippen LogP contribution < -0.4 is 5.56 Å². The Morgan fingerprint density at radius 3 is 2.69 bits per heavy atom. The summed E-state index contributed by atoms with van der Waals surface area (Å²) < 4.78 is 13.9. The Labute approximate surface area is 99.5 Å². The lowest BCUT2D eigenvalue weighted by molar-refractivity contribution is 0.589. The summed E-state index contributed by atoms with van der Waals surface area (Å²) in [5.41, 5.74) is 0.0652. The molecule has 0 atom stereocenters. The molecule has 0 aliphatic heterocycles. The van der Waals surface area contributed by atoms with Crippen LogP contribution >= 0.6 is 15.9 Å². The average Bonchev–Trinajstić information content (AvgIpc) is 2.26. The molecular weight excluding hydrogens is 275 g/mol. The Hall–Kier alpha value is -1.49. The molecule has 0 aliphatic carbocycles. The average molecular weight is 283 g/mol. The van der Waals surface area contributed by atoms with Crippen LogP contribution in [0.25, 0.3) is 11.4 Å². The number of aromatic amines is 1. The van der Waals surface area contributed by atoms with E-state index in [9.17, 15) is 9.18 Å². The van der Waals surface area contributed by atoms with E-state index in [0.717, 1.165) is 10.0 Å². The molecule has 5 heteroatoms. The van der Waals surface area contributed by atoms with Crippen LogP contribution in [0.5, 0.6) is 0 Å². The fourth-order valence-electron chi connectivity index (χ4n) is 1.35. The zero-order valence-electron chi connectivity index (χ0n) is 8.42. The lowest BCUT2D eigenvalue weighted by atomic mass is 10.2. The van der Waals surface area contributed by atoms with Gasteiger partial charge >= 0.3 is 0 Å². The van der Waals surface area contributed by atoms with Gasteiger partial charge < -0.3 is 4.98 Å². The van der Waals surface area contributed by atoms with Crippen molar-refractivity contribution in [2.75, 3.05) is 0 Å². The van der Waals surface area contributed by atoms with Gasteiger partial charge in [-0.25, -0.2) is 4.98 Å². The Bertz CT molecular complexity index is 595. The summed E-state index contributed by atoms with van der Waals surface area (Å²) in [6.45, 7) is 1.46. The molecule has 82 valence electrons. The van der Waals surface area contributed by atoms with Crippen molar-refractivity contribution in [1.82, 2.24) is 9.97 Å². The summed E-state index contributed by atoms with van der Waals surface area (Å²) in [6, 6.07) is 7.29. The lowest BCUT2D eigenvalue weighted by Crippen LogP contribution is -2.15. The molecule has 3 nitrogen and oxygen atoms in total. The van der Waals surface area contributed by atoms with Crippen LogP contribution in [-0.4, -0.2) is 9.97 Å². The van der Waals surface area contributed by atoms with Gasteiger partial charge in [0.2, 0.25) is 5.82 Å². The van der Waals surface area contributed by atoms with Gasteiger partial charge in [-0.15, -0.1) is 0 Å². The quantitative estimate of drug-likeness (QED) is 0.874. The van der Waals surface area contributed by atoms with Crippen molar-refractivity contribution in [3.05, 3.63) is 50.6 Å². The van der Waals surface area contributed by atoms with Crippen molar-refractivity contribution in [3.63, 3.8) is 0 Å². The molecule has 0 radical (unpaired) electrons. The first-order chi connectivity index (χ1) is 7.59. The molecule has 16 heavy (non-hydrogen) atoms. The second kappa shape index (κ2) is 4.17. The van der Waals surface area contributed by atoms with Crippen molar-refractivity contribution in [3.8, 4) is 11.4 Å². The largest absolute Gasteiger partial charge is 0.304 e. The molecule has 0 bridgehead atoms. The molecule has 0 fully saturated rings. The van der Waals surface area contributed by atoms with Crippen LogP contribution in [0.3, 0.4) is 0 Å². The van der Waals surface area contributed by atoms with Crippen molar-refractivity contribution >= 4 is 15.9 Å². The highest BCUT2D eigenvalue weighted by molar-refractivity contribution is 9.10. The van der Waals surface area contributed by atoms with E-state index < -0.39 is 11.4 Å². The minimum Gasteiger partial charge on any atom is -0.304 e. The molecule has 0 saturated carbocycles. The van der Waals surface area contributed by atoms with Gasteiger partial charge in [-0.05, 0) is 13.0 Å². The van der Waals surface area contributed by atoms with Crippen molar-refractivity contribution in [2.45, 2.75) is 6.92 Å². The van der Waals surface area contributed by atoms with Crippen LogP contribution in [0.2, 0.25) is 0 Å². The first-order valence-electron chi connectivity index (χ1n) is 4.61. The lowest BCUT2D eigenvalue weighted by Gasteiger charge is -2.04. The van der Waals surface area contributed by atoms with Crippen LogP contribution in [0.4, 0.5) is 4.39 Å². The van der Waals surface area contributed by atoms with E-state index in [2.05, 4.69) is 25.9 Å². The van der Waals surface area contributed by atoms with Crippen molar-refractivity contribution in [2.24, 2.45) is 0 Å². The van der Waals surface area contributed by atoms with Crippen LogP contribution in [0.15, 0.2) is 33.5 Å². The highest BCUT2D eigenvalue weighted by atomic mass is 79.9. The number of nitrogens with zero attached hydrogens (tertiary/aromatic N) is 1. The maximum atomic E-state index is 13.1. The van der Waals surface area contributed by atoms with Gasteiger partial charge in [0.05, 0.1) is 5.69 Å². The Morgan fingerprint density at radius 2 is 2.06 bits per heavy atom. The standard InChI is InChI=1S/C11H8BrFN2O/c1-6-9(13)11(16)15-10(14-6)7-4-2-3-5-8(7)12/h2-5H,1H3,(H,14,15,16). The maximum absolute atomic E-state index is 13.1. The van der Waals surface area contributed by atoms with E-state index in [0.29, 0.717) is 5.82 Å². The van der Waals surface area contributed by atoms with Gasteiger partial charge in [0, 0.05) is 10.0 Å². The third-order valence-electron chi connectivity index (χ3n) is 2.16. The zero-order valence-corrected chi connectivity index (χ0v) is 10.0. The molecular formula is C11H8BrFN2O. The molecule has 0 amide bonds. The molecule has 1 heterocycles. The summed E-state index contributed by atoms with van der Waals surface area (Å²) in [5.74, 6) is -0.479. The van der Waals surface area contributed by atoms with Gasteiger partial charge in [-0.1, -0.05) is 34.1 Å². The number of halogens is 2. The molecule has 1 aromatic carbocycles. The first kappa shape index (κ1) is 11.0. The number of nitrogens with one attached hydrogen (secondary N) is 1. The van der Waals surface area contributed by atoms with Gasteiger partial charge in [0.15, 0.2) is 0 Å². The summed E-state index contributed by atoms with van der Waals surface area (Å²) >= 11 is 3.34. The molecule has 1 N–H and O–H groups in total. The fraction of sp³-hybridized carbons (Fsp3) is 0.0909. The molecule has 0 spiro atoms. The maximum Gasteiger partial charge on any atom is 0.287 e. The van der Waals surface area contributed by atoms with E-state index in [1.807, 2.05) is 18.2 Å².